The molecule has 1 N–H and O–H groups in total. The van der Waals surface area contributed by atoms with Gasteiger partial charge in [0.1, 0.15) is 11.6 Å². The smallest absolute Gasteiger partial charge is 0.419 e. The number of pyridine rings is 2. The summed E-state index contributed by atoms with van der Waals surface area (Å²) in [6, 6.07) is 10.5. The van der Waals surface area contributed by atoms with Gasteiger partial charge in [0.2, 0.25) is 11.0 Å². The number of aromatic nitrogens is 4. The number of piperidine rings is 1. The number of anilines is 2. The minimum atomic E-state index is -4.60. The number of thiophene rings is 1. The first-order valence-corrected chi connectivity index (χ1v) is 15.4. The SMILES string of the molecule is CC(=O)N1CCC(c2nsc(Nc3ncc(Sc4ccnc5ccsc45)cc3Oc3ccccc3C(F)(F)F)n2)CC1. The Bertz CT molecular complexity index is 1730. The summed E-state index contributed by atoms with van der Waals surface area (Å²) in [6.07, 6.45) is 0.269. The van der Waals surface area contributed by atoms with Crippen molar-refractivity contribution >= 4 is 61.7 Å². The minimum Gasteiger partial charge on any atom is -0.453 e. The zero-order valence-electron chi connectivity index (χ0n) is 22.1. The van der Waals surface area contributed by atoms with Crippen molar-refractivity contribution in [3.63, 3.8) is 0 Å². The second-order valence-electron chi connectivity index (χ2n) is 9.52. The molecule has 1 saturated heterocycles. The number of nitrogens with one attached hydrogen (secondary N) is 1. The molecule has 1 fully saturated rings. The Morgan fingerprint density at radius 2 is 1.93 bits per heavy atom. The van der Waals surface area contributed by atoms with E-state index in [9.17, 15) is 18.0 Å². The van der Waals surface area contributed by atoms with Crippen LogP contribution in [0.2, 0.25) is 0 Å². The summed E-state index contributed by atoms with van der Waals surface area (Å²) in [7, 11) is 0. The first kappa shape index (κ1) is 28.4. The van der Waals surface area contributed by atoms with Gasteiger partial charge in [0.25, 0.3) is 0 Å². The van der Waals surface area contributed by atoms with Crippen molar-refractivity contribution in [1.82, 2.24) is 24.2 Å². The summed E-state index contributed by atoms with van der Waals surface area (Å²) in [5.41, 5.74) is -0.0237. The molecule has 8 nitrogen and oxygen atoms in total. The fraction of sp³-hybridized carbons (Fsp3) is 0.250. The third-order valence-electron chi connectivity index (χ3n) is 6.75. The Labute approximate surface area is 251 Å². The van der Waals surface area contributed by atoms with Gasteiger partial charge in [-0.3, -0.25) is 9.78 Å². The van der Waals surface area contributed by atoms with Crippen molar-refractivity contribution in [2.24, 2.45) is 0 Å². The Hall–Kier alpha value is -3.75. The van der Waals surface area contributed by atoms with Crippen LogP contribution in [0.4, 0.5) is 24.1 Å². The highest BCUT2D eigenvalue weighted by Crippen LogP contribution is 2.42. The number of hydrogen-bond donors (Lipinski definition) is 1. The molecule has 4 aromatic heterocycles. The number of carbonyl (C=O) groups excluding carboxylic acids is 1. The maximum Gasteiger partial charge on any atom is 0.419 e. The minimum absolute atomic E-state index is 0.0538. The second kappa shape index (κ2) is 11.9. The highest BCUT2D eigenvalue weighted by Gasteiger charge is 2.34. The average Bonchev–Trinajstić information content (AvgIpc) is 3.65. The third kappa shape index (κ3) is 6.20. The molecule has 1 amide bonds. The van der Waals surface area contributed by atoms with Gasteiger partial charge in [-0.05, 0) is 42.5 Å². The molecule has 0 saturated carbocycles. The number of fused-ring (bicyclic) bond motifs is 1. The molecule has 1 aliphatic heterocycles. The number of nitrogens with zero attached hydrogens (tertiary/aromatic N) is 5. The topological polar surface area (TPSA) is 93.1 Å². The van der Waals surface area contributed by atoms with Gasteiger partial charge in [-0.25, -0.2) is 9.97 Å². The molecule has 5 heterocycles. The van der Waals surface area contributed by atoms with Crippen LogP contribution in [-0.2, 0) is 11.0 Å². The lowest BCUT2D eigenvalue weighted by molar-refractivity contribution is -0.138. The number of benzene rings is 1. The average molecular weight is 629 g/mol. The van der Waals surface area contributed by atoms with Crippen LogP contribution in [0.5, 0.6) is 11.5 Å². The number of halogens is 3. The molecule has 0 bridgehead atoms. The van der Waals surface area contributed by atoms with Crippen LogP contribution in [-0.4, -0.2) is 43.2 Å². The Balaban J connectivity index is 1.29. The maximum absolute atomic E-state index is 13.8. The van der Waals surface area contributed by atoms with E-state index in [1.54, 1.807) is 36.7 Å². The maximum atomic E-state index is 13.8. The summed E-state index contributed by atoms with van der Waals surface area (Å²) in [4.78, 5) is 28.6. The van der Waals surface area contributed by atoms with Gasteiger partial charge in [-0.15, -0.1) is 11.3 Å². The zero-order chi connectivity index (χ0) is 29.3. The Morgan fingerprint density at radius 3 is 2.71 bits per heavy atom. The molecule has 1 aromatic carbocycles. The number of alkyl halides is 3. The van der Waals surface area contributed by atoms with Crippen LogP contribution in [0.15, 0.2) is 70.0 Å². The van der Waals surface area contributed by atoms with E-state index in [4.69, 9.17) is 4.74 Å². The number of ether oxygens (including phenoxy) is 1. The van der Waals surface area contributed by atoms with E-state index in [0.717, 1.165) is 45.6 Å². The van der Waals surface area contributed by atoms with Crippen LogP contribution in [0.1, 0.15) is 37.1 Å². The van der Waals surface area contributed by atoms with Gasteiger partial charge in [0.05, 0.1) is 15.8 Å². The largest absolute Gasteiger partial charge is 0.453 e. The monoisotopic (exact) mass is 628 g/mol. The van der Waals surface area contributed by atoms with Gasteiger partial charge in [0, 0.05) is 65.7 Å². The highest BCUT2D eigenvalue weighted by molar-refractivity contribution is 7.99. The Morgan fingerprint density at radius 1 is 1.12 bits per heavy atom. The zero-order valence-corrected chi connectivity index (χ0v) is 24.5. The van der Waals surface area contributed by atoms with Crippen molar-refractivity contribution in [1.29, 1.82) is 0 Å². The van der Waals surface area contributed by atoms with E-state index in [0.29, 0.717) is 28.9 Å². The molecule has 216 valence electrons. The van der Waals surface area contributed by atoms with Crippen LogP contribution >= 0.6 is 34.6 Å². The third-order valence-corrected chi connectivity index (χ3v) is 9.48. The van der Waals surface area contributed by atoms with E-state index < -0.39 is 11.7 Å². The first-order chi connectivity index (χ1) is 20.2. The van der Waals surface area contributed by atoms with E-state index >= 15 is 0 Å². The molecule has 0 radical (unpaired) electrons. The number of rotatable bonds is 7. The molecular formula is C28H23F3N6O2S3. The molecule has 6 rings (SSSR count). The molecule has 0 aliphatic carbocycles. The summed E-state index contributed by atoms with van der Waals surface area (Å²) >= 11 is 4.12. The molecule has 14 heteroatoms. The number of para-hydroxylation sites is 1. The normalized spacial score (nSPS) is 14.3. The molecule has 0 spiro atoms. The van der Waals surface area contributed by atoms with Gasteiger partial charge in [-0.2, -0.15) is 17.5 Å². The van der Waals surface area contributed by atoms with E-state index in [-0.39, 0.29) is 29.1 Å². The Kier molecular flexibility index (Phi) is 8.01. The lowest BCUT2D eigenvalue weighted by Crippen LogP contribution is -2.36. The van der Waals surface area contributed by atoms with Gasteiger partial charge in [0.15, 0.2) is 11.6 Å². The number of hydrogen-bond acceptors (Lipinski definition) is 10. The van der Waals surface area contributed by atoms with Crippen LogP contribution in [0, 0.1) is 0 Å². The van der Waals surface area contributed by atoms with E-state index in [1.165, 1.54) is 30.0 Å². The molecule has 0 unspecified atom stereocenters. The molecule has 42 heavy (non-hydrogen) atoms. The van der Waals surface area contributed by atoms with Crippen molar-refractivity contribution in [3.8, 4) is 11.5 Å². The first-order valence-electron chi connectivity index (χ1n) is 12.9. The second-order valence-corrected chi connectivity index (χ2v) is 12.3. The van der Waals surface area contributed by atoms with Crippen molar-refractivity contribution < 1.29 is 22.7 Å². The highest BCUT2D eigenvalue weighted by atomic mass is 32.2. The number of amides is 1. The number of carbonyl (C=O) groups is 1. The molecule has 0 atom stereocenters. The van der Waals surface area contributed by atoms with Crippen molar-refractivity contribution in [2.75, 3.05) is 18.4 Å². The quantitative estimate of drug-likeness (QED) is 0.194. The van der Waals surface area contributed by atoms with Crippen LogP contribution < -0.4 is 10.1 Å². The summed E-state index contributed by atoms with van der Waals surface area (Å²) in [5.74, 6) is 0.819. The molecule has 5 aromatic rings. The molecule has 1 aliphatic rings. The standard InChI is InChI=1S/C28H23F3N6O2S3/c1-16(38)37-11-7-17(8-12-37)25-34-27(42-36-25)35-26-22(39-21-5-3-2-4-19(21)28(29,30)31)14-18(15-33-26)41-23-6-10-32-20-9-13-40-24(20)23/h2-6,9-10,13-15,17H,7-8,11-12H2,1H3,(H,33,34,35,36). The van der Waals surface area contributed by atoms with Gasteiger partial charge < -0.3 is 15.0 Å². The van der Waals surface area contributed by atoms with Crippen molar-refractivity contribution in [2.45, 2.75) is 41.7 Å². The van der Waals surface area contributed by atoms with E-state index in [1.807, 2.05) is 22.4 Å². The van der Waals surface area contributed by atoms with Gasteiger partial charge in [-0.1, -0.05) is 23.9 Å². The fourth-order valence-electron chi connectivity index (χ4n) is 4.62. The summed E-state index contributed by atoms with van der Waals surface area (Å²) in [6.45, 7) is 2.86. The van der Waals surface area contributed by atoms with Crippen LogP contribution in [0.25, 0.3) is 10.2 Å². The van der Waals surface area contributed by atoms with E-state index in [2.05, 4.69) is 24.6 Å². The summed E-state index contributed by atoms with van der Waals surface area (Å²) in [5, 5.41) is 5.50. The fourth-order valence-corrected chi connectivity index (χ4v) is 7.15. The number of likely N-dealkylation sites (tertiary alicyclic amines) is 1. The predicted molar refractivity (Wildman–Crippen MR) is 157 cm³/mol. The van der Waals surface area contributed by atoms with Gasteiger partial charge >= 0.3 is 6.18 Å². The summed E-state index contributed by atoms with van der Waals surface area (Å²) < 4.78 is 52.7. The van der Waals surface area contributed by atoms with Crippen molar-refractivity contribution in [3.05, 3.63) is 71.6 Å². The lowest BCUT2D eigenvalue weighted by Gasteiger charge is -2.29. The van der Waals surface area contributed by atoms with Crippen LogP contribution in [0.3, 0.4) is 0 Å². The predicted octanol–water partition coefficient (Wildman–Crippen LogP) is 7.97. The molecular weight excluding hydrogens is 606 g/mol. The lowest BCUT2D eigenvalue weighted by atomic mass is 9.96.